The molecular weight excluding hydrogens is 404 g/mol. The number of amides is 1. The van der Waals surface area contributed by atoms with E-state index in [4.69, 9.17) is 4.98 Å². The number of sulfonamides is 1. The fraction of sp³-hybridized carbons (Fsp3) is 0.350. The average molecular weight is 429 g/mol. The molecule has 3 N–H and O–H groups in total. The molecule has 0 atom stereocenters. The number of aromatic amines is 1. The molecule has 2 aromatic heterocycles. The van der Waals surface area contributed by atoms with Crippen molar-refractivity contribution in [2.75, 3.05) is 23.3 Å². The minimum absolute atomic E-state index is 0.0195. The summed E-state index contributed by atoms with van der Waals surface area (Å²) < 4.78 is 26.5. The first kappa shape index (κ1) is 20.1. The number of nitrogens with zero attached hydrogens (tertiary/aromatic N) is 3. The maximum Gasteiger partial charge on any atom is 0.264 e. The SMILES string of the molecule is CC(=O)NS(=O)(=O)c1cccc(Nc2nc(N3CCC(C)CC3)c3cc[nH]c3n2)c1. The summed E-state index contributed by atoms with van der Waals surface area (Å²) in [7, 11) is -3.93. The number of anilines is 3. The molecule has 0 unspecified atom stereocenters. The molecule has 9 nitrogen and oxygen atoms in total. The van der Waals surface area contributed by atoms with Crippen LogP contribution < -0.4 is 14.9 Å². The van der Waals surface area contributed by atoms with E-state index in [1.807, 2.05) is 17.0 Å². The molecular formula is C20H24N6O3S. The standard InChI is InChI=1S/C20H24N6O3S/c1-13-7-10-26(11-8-13)19-17-6-9-21-18(17)23-20(24-19)22-15-4-3-5-16(12-15)30(28,29)25-14(2)27/h3-6,9,12-13H,7-8,10-11H2,1-2H3,(H,25,27)(H2,21,22,23,24). The van der Waals surface area contributed by atoms with Crippen molar-refractivity contribution in [1.82, 2.24) is 19.7 Å². The van der Waals surface area contributed by atoms with Crippen LogP contribution in [0.1, 0.15) is 26.7 Å². The summed E-state index contributed by atoms with van der Waals surface area (Å²) in [4.78, 5) is 25.8. The molecule has 0 aliphatic carbocycles. The number of hydrogen-bond donors (Lipinski definition) is 3. The lowest BCUT2D eigenvalue weighted by molar-refractivity contribution is -0.117. The van der Waals surface area contributed by atoms with Gasteiger partial charge in [-0.3, -0.25) is 4.79 Å². The third kappa shape index (κ3) is 4.23. The van der Waals surface area contributed by atoms with Crippen molar-refractivity contribution >= 4 is 44.4 Å². The molecule has 1 fully saturated rings. The number of nitrogens with one attached hydrogen (secondary N) is 3. The molecule has 3 aromatic rings. The number of carbonyl (C=O) groups excluding carboxylic acids is 1. The molecule has 0 radical (unpaired) electrons. The van der Waals surface area contributed by atoms with Crippen LogP contribution in [0.2, 0.25) is 0 Å². The van der Waals surface area contributed by atoms with Crippen molar-refractivity contribution in [3.05, 3.63) is 36.5 Å². The zero-order chi connectivity index (χ0) is 21.3. The van der Waals surface area contributed by atoms with Crippen molar-refractivity contribution in [1.29, 1.82) is 0 Å². The molecule has 0 spiro atoms. The fourth-order valence-electron chi connectivity index (χ4n) is 3.56. The summed E-state index contributed by atoms with van der Waals surface area (Å²) in [5, 5.41) is 4.05. The Kier molecular flexibility index (Phi) is 5.33. The van der Waals surface area contributed by atoms with Crippen molar-refractivity contribution < 1.29 is 13.2 Å². The predicted molar refractivity (Wildman–Crippen MR) is 115 cm³/mol. The summed E-state index contributed by atoms with van der Waals surface area (Å²) in [5.74, 6) is 1.29. The van der Waals surface area contributed by atoms with Gasteiger partial charge in [-0.05, 0) is 43.0 Å². The van der Waals surface area contributed by atoms with Crippen molar-refractivity contribution in [3.63, 3.8) is 0 Å². The van der Waals surface area contributed by atoms with E-state index in [1.54, 1.807) is 12.1 Å². The highest BCUT2D eigenvalue weighted by Gasteiger charge is 2.21. The predicted octanol–water partition coefficient (Wildman–Crippen LogP) is 2.76. The summed E-state index contributed by atoms with van der Waals surface area (Å²) in [6.07, 6.45) is 4.06. The molecule has 1 aliphatic rings. The van der Waals surface area contributed by atoms with E-state index in [2.05, 4.69) is 27.1 Å². The number of rotatable bonds is 5. The second kappa shape index (κ2) is 7.94. The highest BCUT2D eigenvalue weighted by Crippen LogP contribution is 2.29. The van der Waals surface area contributed by atoms with Crippen LogP contribution in [-0.2, 0) is 14.8 Å². The van der Waals surface area contributed by atoms with Crippen LogP contribution in [0.15, 0.2) is 41.4 Å². The monoisotopic (exact) mass is 428 g/mol. The number of H-pyrrole nitrogens is 1. The smallest absolute Gasteiger partial charge is 0.264 e. The van der Waals surface area contributed by atoms with Crippen LogP contribution in [0.3, 0.4) is 0 Å². The molecule has 30 heavy (non-hydrogen) atoms. The third-order valence-corrected chi connectivity index (χ3v) is 6.59. The summed E-state index contributed by atoms with van der Waals surface area (Å²) >= 11 is 0. The lowest BCUT2D eigenvalue weighted by atomic mass is 9.99. The first-order chi connectivity index (χ1) is 14.3. The van der Waals surface area contributed by atoms with Crippen LogP contribution in [0.5, 0.6) is 0 Å². The normalized spacial score (nSPS) is 15.3. The summed E-state index contributed by atoms with van der Waals surface area (Å²) in [5.41, 5.74) is 1.22. The minimum Gasteiger partial charge on any atom is -0.356 e. The second-order valence-electron chi connectivity index (χ2n) is 7.59. The largest absolute Gasteiger partial charge is 0.356 e. The highest BCUT2D eigenvalue weighted by atomic mass is 32.2. The van der Waals surface area contributed by atoms with Gasteiger partial charge in [0.2, 0.25) is 11.9 Å². The quantitative estimate of drug-likeness (QED) is 0.571. The Morgan fingerprint density at radius 1 is 1.20 bits per heavy atom. The minimum atomic E-state index is -3.93. The Hall–Kier alpha value is -3.14. The molecule has 3 heterocycles. The number of carbonyl (C=O) groups is 1. The van der Waals surface area contributed by atoms with Crippen molar-refractivity contribution in [2.45, 2.75) is 31.6 Å². The van der Waals surface area contributed by atoms with Crippen LogP contribution in [0.25, 0.3) is 11.0 Å². The van der Waals surface area contributed by atoms with Gasteiger partial charge in [-0.1, -0.05) is 13.0 Å². The van der Waals surface area contributed by atoms with Gasteiger partial charge in [0.15, 0.2) is 0 Å². The zero-order valence-corrected chi connectivity index (χ0v) is 17.7. The van der Waals surface area contributed by atoms with E-state index in [9.17, 15) is 13.2 Å². The number of hydrogen-bond acceptors (Lipinski definition) is 7. The van der Waals surface area contributed by atoms with Gasteiger partial charge in [-0.25, -0.2) is 13.1 Å². The van der Waals surface area contributed by atoms with E-state index >= 15 is 0 Å². The molecule has 158 valence electrons. The molecule has 4 rings (SSSR count). The van der Waals surface area contributed by atoms with Gasteiger partial charge >= 0.3 is 0 Å². The number of benzene rings is 1. The van der Waals surface area contributed by atoms with E-state index in [0.717, 1.165) is 44.1 Å². The molecule has 1 saturated heterocycles. The lowest BCUT2D eigenvalue weighted by Gasteiger charge is -2.31. The van der Waals surface area contributed by atoms with Gasteiger partial charge in [0.25, 0.3) is 10.0 Å². The third-order valence-electron chi connectivity index (χ3n) is 5.16. The fourth-order valence-corrected chi connectivity index (χ4v) is 4.60. The number of fused-ring (bicyclic) bond motifs is 1. The van der Waals surface area contributed by atoms with E-state index in [-0.39, 0.29) is 4.90 Å². The Morgan fingerprint density at radius 3 is 2.70 bits per heavy atom. The van der Waals surface area contributed by atoms with Crippen LogP contribution in [0.4, 0.5) is 17.5 Å². The van der Waals surface area contributed by atoms with Gasteiger partial charge in [-0.15, -0.1) is 0 Å². The average Bonchev–Trinajstić information content (AvgIpc) is 3.16. The number of piperidine rings is 1. The van der Waals surface area contributed by atoms with Crippen molar-refractivity contribution in [2.24, 2.45) is 5.92 Å². The van der Waals surface area contributed by atoms with Gasteiger partial charge < -0.3 is 15.2 Å². The van der Waals surface area contributed by atoms with Crippen LogP contribution >= 0.6 is 0 Å². The molecule has 0 bridgehead atoms. The molecule has 0 saturated carbocycles. The molecule has 1 aliphatic heterocycles. The van der Waals surface area contributed by atoms with Gasteiger partial charge in [0, 0.05) is 31.9 Å². The maximum absolute atomic E-state index is 12.3. The lowest BCUT2D eigenvalue weighted by Crippen LogP contribution is -2.33. The molecule has 10 heteroatoms. The Morgan fingerprint density at radius 2 is 1.97 bits per heavy atom. The first-order valence-corrected chi connectivity index (χ1v) is 11.3. The Balaban J connectivity index is 1.65. The van der Waals surface area contributed by atoms with Gasteiger partial charge in [0.1, 0.15) is 11.5 Å². The van der Waals surface area contributed by atoms with E-state index in [1.165, 1.54) is 12.1 Å². The van der Waals surface area contributed by atoms with Gasteiger partial charge in [0.05, 0.1) is 10.3 Å². The zero-order valence-electron chi connectivity index (χ0n) is 16.8. The Bertz CT molecular complexity index is 1180. The van der Waals surface area contributed by atoms with Crippen molar-refractivity contribution in [3.8, 4) is 0 Å². The van der Waals surface area contributed by atoms with Crippen LogP contribution in [-0.4, -0.2) is 42.4 Å². The topological polar surface area (TPSA) is 120 Å². The first-order valence-electron chi connectivity index (χ1n) is 9.82. The van der Waals surface area contributed by atoms with Crippen LogP contribution in [0, 0.1) is 5.92 Å². The van der Waals surface area contributed by atoms with E-state index < -0.39 is 15.9 Å². The molecule has 1 aromatic carbocycles. The van der Waals surface area contributed by atoms with E-state index in [0.29, 0.717) is 23.2 Å². The maximum atomic E-state index is 12.3. The summed E-state index contributed by atoms with van der Waals surface area (Å²) in [6.45, 7) is 5.28. The van der Waals surface area contributed by atoms with Gasteiger partial charge in [-0.2, -0.15) is 9.97 Å². The highest BCUT2D eigenvalue weighted by molar-refractivity contribution is 7.90. The summed E-state index contributed by atoms with van der Waals surface area (Å²) in [6, 6.07) is 8.14. The number of aromatic nitrogens is 3. The molecule has 1 amide bonds. The Labute approximate surface area is 175 Å². The second-order valence-corrected chi connectivity index (χ2v) is 9.28.